The zero-order valence-corrected chi connectivity index (χ0v) is 12.6. The summed E-state index contributed by atoms with van der Waals surface area (Å²) in [7, 11) is 0. The summed E-state index contributed by atoms with van der Waals surface area (Å²) in [6, 6.07) is 9.16. The van der Waals surface area contributed by atoms with Crippen LogP contribution in [0.1, 0.15) is 15.9 Å². The van der Waals surface area contributed by atoms with Gasteiger partial charge in [-0.25, -0.2) is 9.18 Å². The topological polar surface area (TPSA) is 98.5 Å². The molecule has 2 rings (SSSR count). The van der Waals surface area contributed by atoms with E-state index in [-0.39, 0.29) is 16.9 Å². The van der Waals surface area contributed by atoms with Crippen LogP contribution < -0.4 is 5.32 Å². The molecular formula is C16H13FN2O5. The molecule has 0 aromatic heterocycles. The minimum absolute atomic E-state index is 0.0127. The number of nitrogens with one attached hydrogen (secondary N) is 1. The first kappa shape index (κ1) is 17.1. The highest BCUT2D eigenvalue weighted by molar-refractivity contribution is 5.95. The molecule has 0 aliphatic carbocycles. The van der Waals surface area contributed by atoms with Crippen molar-refractivity contribution in [2.24, 2.45) is 0 Å². The van der Waals surface area contributed by atoms with E-state index >= 15 is 0 Å². The van der Waals surface area contributed by atoms with Crippen LogP contribution in [0.25, 0.3) is 0 Å². The van der Waals surface area contributed by atoms with Gasteiger partial charge in [-0.3, -0.25) is 14.9 Å². The van der Waals surface area contributed by atoms with Gasteiger partial charge >= 0.3 is 5.97 Å². The first-order valence-corrected chi connectivity index (χ1v) is 6.84. The molecule has 1 amide bonds. The lowest BCUT2D eigenvalue weighted by Gasteiger charge is -2.07. The van der Waals surface area contributed by atoms with E-state index in [1.165, 1.54) is 36.4 Å². The van der Waals surface area contributed by atoms with Gasteiger partial charge in [0.2, 0.25) is 0 Å². The number of carbonyl (C=O) groups is 2. The van der Waals surface area contributed by atoms with Gasteiger partial charge in [0.25, 0.3) is 11.6 Å². The van der Waals surface area contributed by atoms with E-state index in [0.29, 0.717) is 5.56 Å². The summed E-state index contributed by atoms with van der Waals surface area (Å²) in [6.07, 6.45) is 0. The summed E-state index contributed by atoms with van der Waals surface area (Å²) in [5.74, 6) is -2.06. The van der Waals surface area contributed by atoms with E-state index in [0.717, 1.165) is 6.07 Å². The second kappa shape index (κ2) is 7.32. The molecule has 0 saturated heterocycles. The highest BCUT2D eigenvalue weighted by Gasteiger charge is 2.13. The van der Waals surface area contributed by atoms with Gasteiger partial charge in [-0.05, 0) is 30.7 Å². The third-order valence-electron chi connectivity index (χ3n) is 3.08. The number of anilines is 1. The van der Waals surface area contributed by atoms with Gasteiger partial charge in [0.05, 0.1) is 10.5 Å². The molecule has 7 nitrogen and oxygen atoms in total. The molecule has 0 aliphatic rings. The average molecular weight is 332 g/mol. The minimum atomic E-state index is -0.844. The Labute approximate surface area is 136 Å². The fourth-order valence-electron chi connectivity index (χ4n) is 1.83. The molecule has 0 fully saturated rings. The maximum atomic E-state index is 13.4. The van der Waals surface area contributed by atoms with Crippen LogP contribution in [0, 0.1) is 22.9 Å². The summed E-state index contributed by atoms with van der Waals surface area (Å²) >= 11 is 0. The molecule has 2 aromatic rings. The number of ether oxygens (including phenoxy) is 1. The Morgan fingerprint density at radius 1 is 1.25 bits per heavy atom. The van der Waals surface area contributed by atoms with Gasteiger partial charge in [0, 0.05) is 17.8 Å². The Morgan fingerprint density at radius 2 is 2.00 bits per heavy atom. The molecule has 0 aliphatic heterocycles. The van der Waals surface area contributed by atoms with E-state index in [4.69, 9.17) is 4.74 Å². The number of amides is 1. The third-order valence-corrected chi connectivity index (χ3v) is 3.08. The molecule has 24 heavy (non-hydrogen) atoms. The van der Waals surface area contributed by atoms with E-state index < -0.39 is 29.2 Å². The Bertz CT molecular complexity index is 807. The number of halogens is 1. The summed E-state index contributed by atoms with van der Waals surface area (Å²) < 4.78 is 18.2. The first-order chi connectivity index (χ1) is 11.4. The zero-order chi connectivity index (χ0) is 17.7. The molecule has 0 spiro atoms. The Balaban J connectivity index is 1.93. The molecule has 124 valence electrons. The second-order valence-electron chi connectivity index (χ2n) is 4.90. The highest BCUT2D eigenvalue weighted by atomic mass is 19.1. The van der Waals surface area contributed by atoms with Gasteiger partial charge in [-0.1, -0.05) is 12.1 Å². The molecule has 0 unspecified atom stereocenters. The normalized spacial score (nSPS) is 10.1. The smallest absolute Gasteiger partial charge is 0.338 e. The van der Waals surface area contributed by atoms with Crippen molar-refractivity contribution in [3.63, 3.8) is 0 Å². The van der Waals surface area contributed by atoms with Crippen LogP contribution in [0.15, 0.2) is 42.5 Å². The SMILES string of the molecule is Cc1ccc(C(=O)OCC(=O)Nc2cccc([N+](=O)[O-])c2)cc1F. The number of non-ortho nitro benzene ring substituents is 1. The van der Waals surface area contributed by atoms with Gasteiger partial charge in [0.1, 0.15) is 5.82 Å². The maximum absolute atomic E-state index is 13.4. The first-order valence-electron chi connectivity index (χ1n) is 6.84. The van der Waals surface area contributed by atoms with E-state index in [2.05, 4.69) is 5.32 Å². The molecule has 0 saturated carbocycles. The largest absolute Gasteiger partial charge is 0.452 e. The molecule has 0 atom stereocenters. The van der Waals surface area contributed by atoms with Gasteiger partial charge in [-0.2, -0.15) is 0 Å². The Hall–Kier alpha value is -3.29. The summed E-state index contributed by atoms with van der Waals surface area (Å²) in [5, 5.41) is 13.0. The molecular weight excluding hydrogens is 319 g/mol. The third kappa shape index (κ3) is 4.35. The van der Waals surface area contributed by atoms with Gasteiger partial charge < -0.3 is 10.1 Å². The van der Waals surface area contributed by atoms with Crippen molar-refractivity contribution in [3.05, 3.63) is 69.5 Å². The number of benzene rings is 2. The molecule has 0 bridgehead atoms. The van der Waals surface area contributed by atoms with Crippen molar-refractivity contribution in [2.45, 2.75) is 6.92 Å². The number of aryl methyl sites for hydroxylation is 1. The predicted molar refractivity (Wildman–Crippen MR) is 83.1 cm³/mol. The highest BCUT2D eigenvalue weighted by Crippen LogP contribution is 2.17. The molecule has 0 radical (unpaired) electrons. The number of esters is 1. The fourth-order valence-corrected chi connectivity index (χ4v) is 1.83. The van der Waals surface area contributed by atoms with Crippen molar-refractivity contribution in [1.29, 1.82) is 0 Å². The lowest BCUT2D eigenvalue weighted by Crippen LogP contribution is -2.21. The van der Waals surface area contributed by atoms with Crippen LogP contribution in [0.3, 0.4) is 0 Å². The standard InChI is InChI=1S/C16H13FN2O5/c1-10-5-6-11(7-14(10)17)16(21)24-9-15(20)18-12-3-2-4-13(8-12)19(22)23/h2-8H,9H2,1H3,(H,18,20). The average Bonchev–Trinajstić information content (AvgIpc) is 2.55. The van der Waals surface area contributed by atoms with Gasteiger partial charge in [0.15, 0.2) is 6.61 Å². The Morgan fingerprint density at radius 3 is 2.67 bits per heavy atom. The van der Waals surface area contributed by atoms with Crippen LogP contribution >= 0.6 is 0 Å². The van der Waals surface area contributed by atoms with Crippen LogP contribution in [0.5, 0.6) is 0 Å². The number of hydrogen-bond donors (Lipinski definition) is 1. The maximum Gasteiger partial charge on any atom is 0.338 e. The molecule has 8 heteroatoms. The Kier molecular flexibility index (Phi) is 5.20. The van der Waals surface area contributed by atoms with Crippen molar-refractivity contribution in [3.8, 4) is 0 Å². The van der Waals surface area contributed by atoms with Crippen molar-refractivity contribution in [2.75, 3.05) is 11.9 Å². The van der Waals surface area contributed by atoms with E-state index in [1.807, 2.05) is 0 Å². The summed E-state index contributed by atoms with van der Waals surface area (Å²) in [6.45, 7) is 0.952. The monoisotopic (exact) mass is 332 g/mol. The lowest BCUT2D eigenvalue weighted by molar-refractivity contribution is -0.384. The molecule has 2 aromatic carbocycles. The quantitative estimate of drug-likeness (QED) is 0.516. The van der Waals surface area contributed by atoms with Crippen molar-refractivity contribution < 1.29 is 23.6 Å². The molecule has 0 heterocycles. The summed E-state index contributed by atoms with van der Waals surface area (Å²) in [5.41, 5.74) is 0.391. The van der Waals surface area contributed by atoms with Crippen LogP contribution in [0.4, 0.5) is 15.8 Å². The lowest BCUT2D eigenvalue weighted by atomic mass is 10.1. The van der Waals surface area contributed by atoms with Gasteiger partial charge in [-0.15, -0.1) is 0 Å². The van der Waals surface area contributed by atoms with E-state index in [9.17, 15) is 24.1 Å². The predicted octanol–water partition coefficient (Wildman–Crippen LogP) is 2.84. The van der Waals surface area contributed by atoms with E-state index in [1.54, 1.807) is 6.92 Å². The number of rotatable bonds is 5. The number of hydrogen-bond acceptors (Lipinski definition) is 5. The fraction of sp³-hybridized carbons (Fsp3) is 0.125. The van der Waals surface area contributed by atoms with Crippen LogP contribution in [0.2, 0.25) is 0 Å². The van der Waals surface area contributed by atoms with Crippen molar-refractivity contribution >= 4 is 23.3 Å². The van der Waals surface area contributed by atoms with Crippen LogP contribution in [-0.2, 0) is 9.53 Å². The minimum Gasteiger partial charge on any atom is -0.452 e. The number of nitro groups is 1. The van der Waals surface area contributed by atoms with Crippen molar-refractivity contribution in [1.82, 2.24) is 0 Å². The second-order valence-corrected chi connectivity index (χ2v) is 4.90. The zero-order valence-electron chi connectivity index (χ0n) is 12.6. The van der Waals surface area contributed by atoms with Crippen LogP contribution in [-0.4, -0.2) is 23.4 Å². The molecule has 1 N–H and O–H groups in total. The number of nitro benzene ring substituents is 1. The summed E-state index contributed by atoms with van der Waals surface area (Å²) in [4.78, 5) is 33.5. The number of nitrogens with zero attached hydrogens (tertiary/aromatic N) is 1. The number of carbonyl (C=O) groups excluding carboxylic acids is 2.